The number of ether oxygens (including phenoxy) is 1. The van der Waals surface area contributed by atoms with Crippen LogP contribution in [0.1, 0.15) is 23.7 Å². The predicted molar refractivity (Wildman–Crippen MR) is 79.5 cm³/mol. The van der Waals surface area contributed by atoms with E-state index < -0.39 is 5.97 Å². The summed E-state index contributed by atoms with van der Waals surface area (Å²) >= 11 is 1.32. The third-order valence-electron chi connectivity index (χ3n) is 2.34. The van der Waals surface area contributed by atoms with Crippen LogP contribution in [0.2, 0.25) is 0 Å². The molecule has 0 fully saturated rings. The van der Waals surface area contributed by atoms with Crippen molar-refractivity contribution in [1.29, 1.82) is 0 Å². The smallest absolute Gasteiger partial charge is 0.328 e. The van der Waals surface area contributed by atoms with Crippen LogP contribution in [-0.2, 0) is 14.3 Å². The zero-order valence-electron chi connectivity index (χ0n) is 11.6. The Morgan fingerprint density at radius 1 is 1.19 bits per heavy atom. The predicted octanol–water partition coefficient (Wildman–Crippen LogP) is 2.56. The van der Waals surface area contributed by atoms with Gasteiger partial charge >= 0.3 is 11.9 Å². The maximum Gasteiger partial charge on any atom is 0.328 e. The van der Waals surface area contributed by atoms with E-state index in [-0.39, 0.29) is 17.5 Å². The molecular weight excluding hydrogens is 292 g/mol. The maximum absolute atomic E-state index is 11.6. The van der Waals surface area contributed by atoms with Gasteiger partial charge in [-0.05, 0) is 36.8 Å². The number of aliphatic carboxylic acids is 1. The molecule has 1 aromatic rings. The highest BCUT2D eigenvalue weighted by molar-refractivity contribution is 8.00. The van der Waals surface area contributed by atoms with Crippen molar-refractivity contribution in [3.8, 4) is 0 Å². The zero-order valence-corrected chi connectivity index (χ0v) is 12.4. The number of allylic oxidation sites excluding steroid dienone is 1. The van der Waals surface area contributed by atoms with Crippen LogP contribution < -0.4 is 0 Å². The summed E-state index contributed by atoms with van der Waals surface area (Å²) < 4.78 is 4.95. The number of ketones is 1. The molecule has 0 aliphatic heterocycles. The summed E-state index contributed by atoms with van der Waals surface area (Å²) in [6, 6.07) is 6.60. The second-order valence-electron chi connectivity index (χ2n) is 4.07. The number of hydrogen-bond donors (Lipinski definition) is 1. The number of benzene rings is 1. The molecule has 0 amide bonds. The molecule has 1 aromatic carbocycles. The highest BCUT2D eigenvalue weighted by Gasteiger charge is 2.06. The summed E-state index contributed by atoms with van der Waals surface area (Å²) in [4.78, 5) is 34.1. The van der Waals surface area contributed by atoms with E-state index in [0.29, 0.717) is 12.2 Å². The molecule has 6 heteroatoms. The van der Waals surface area contributed by atoms with E-state index in [2.05, 4.69) is 0 Å². The fourth-order valence-electron chi connectivity index (χ4n) is 1.36. The van der Waals surface area contributed by atoms with Crippen molar-refractivity contribution in [3.05, 3.63) is 42.0 Å². The van der Waals surface area contributed by atoms with Crippen molar-refractivity contribution in [1.82, 2.24) is 0 Å². The summed E-state index contributed by atoms with van der Waals surface area (Å²) in [6.45, 7) is 2.34. The lowest BCUT2D eigenvalue weighted by atomic mass is 10.1. The monoisotopic (exact) mass is 308 g/mol. The fourth-order valence-corrected chi connectivity index (χ4v) is 2.05. The molecular formula is C15H16O5S. The number of thioether (sulfide) groups is 1. The van der Waals surface area contributed by atoms with Gasteiger partial charge in [0.1, 0.15) is 0 Å². The SMILES string of the molecule is CCCOC(=O)CSc1ccc(C(=O)/C=C/C(=O)O)cc1. The van der Waals surface area contributed by atoms with Crippen molar-refractivity contribution in [3.63, 3.8) is 0 Å². The number of esters is 1. The van der Waals surface area contributed by atoms with Crippen LogP contribution in [-0.4, -0.2) is 35.2 Å². The molecule has 112 valence electrons. The number of carbonyl (C=O) groups is 3. The largest absolute Gasteiger partial charge is 0.478 e. The molecule has 5 nitrogen and oxygen atoms in total. The van der Waals surface area contributed by atoms with E-state index in [1.165, 1.54) is 11.8 Å². The first kappa shape index (κ1) is 17.0. The van der Waals surface area contributed by atoms with Crippen LogP contribution >= 0.6 is 11.8 Å². The van der Waals surface area contributed by atoms with E-state index in [4.69, 9.17) is 9.84 Å². The Morgan fingerprint density at radius 2 is 1.86 bits per heavy atom. The minimum Gasteiger partial charge on any atom is -0.478 e. The number of carbonyl (C=O) groups excluding carboxylic acids is 2. The van der Waals surface area contributed by atoms with Crippen LogP contribution in [0.5, 0.6) is 0 Å². The lowest BCUT2D eigenvalue weighted by Crippen LogP contribution is -2.07. The molecule has 0 aliphatic carbocycles. The summed E-state index contributed by atoms with van der Waals surface area (Å²) in [5, 5.41) is 8.45. The standard InChI is InChI=1S/C15H16O5S/c1-2-9-20-15(19)10-21-12-5-3-11(4-6-12)13(16)7-8-14(17)18/h3-8H,2,9-10H2,1H3,(H,17,18)/b8-7+. The first-order valence-corrected chi connectivity index (χ1v) is 7.35. The van der Waals surface area contributed by atoms with Gasteiger partial charge in [0.2, 0.25) is 0 Å². The second-order valence-corrected chi connectivity index (χ2v) is 5.12. The molecule has 0 aromatic heterocycles. The van der Waals surface area contributed by atoms with Gasteiger partial charge in [0.05, 0.1) is 12.4 Å². The van der Waals surface area contributed by atoms with Crippen molar-refractivity contribution < 1.29 is 24.2 Å². The Kier molecular flexibility index (Phi) is 7.25. The van der Waals surface area contributed by atoms with Gasteiger partial charge in [0.25, 0.3) is 0 Å². The third kappa shape index (κ3) is 6.76. The Morgan fingerprint density at radius 3 is 2.43 bits per heavy atom. The molecule has 0 radical (unpaired) electrons. The van der Waals surface area contributed by atoms with Crippen LogP contribution in [0.15, 0.2) is 41.3 Å². The molecule has 0 atom stereocenters. The molecule has 0 unspecified atom stereocenters. The van der Waals surface area contributed by atoms with Gasteiger partial charge in [-0.1, -0.05) is 6.92 Å². The lowest BCUT2D eigenvalue weighted by Gasteiger charge is -2.03. The summed E-state index contributed by atoms with van der Waals surface area (Å²) in [7, 11) is 0. The van der Waals surface area contributed by atoms with Crippen molar-refractivity contribution >= 4 is 29.5 Å². The van der Waals surface area contributed by atoms with E-state index in [1.54, 1.807) is 24.3 Å². The first-order chi connectivity index (χ1) is 10.0. The van der Waals surface area contributed by atoms with Gasteiger partial charge in [-0.25, -0.2) is 4.79 Å². The average Bonchev–Trinajstić information content (AvgIpc) is 2.49. The van der Waals surface area contributed by atoms with Gasteiger partial charge in [0.15, 0.2) is 5.78 Å². The molecule has 0 aliphatic rings. The van der Waals surface area contributed by atoms with Gasteiger partial charge in [0, 0.05) is 16.5 Å². The Bertz CT molecular complexity index is 533. The van der Waals surface area contributed by atoms with Crippen molar-refractivity contribution in [2.45, 2.75) is 18.2 Å². The summed E-state index contributed by atoms with van der Waals surface area (Å²) in [5.41, 5.74) is 0.394. The van der Waals surface area contributed by atoms with Gasteiger partial charge < -0.3 is 9.84 Å². The van der Waals surface area contributed by atoms with E-state index in [9.17, 15) is 14.4 Å². The minimum absolute atomic E-state index is 0.214. The van der Waals surface area contributed by atoms with Crippen molar-refractivity contribution in [2.24, 2.45) is 0 Å². The minimum atomic E-state index is -1.17. The topological polar surface area (TPSA) is 80.7 Å². The van der Waals surface area contributed by atoms with Crippen LogP contribution in [0.25, 0.3) is 0 Å². The number of rotatable bonds is 8. The lowest BCUT2D eigenvalue weighted by molar-refractivity contribution is -0.140. The molecule has 0 saturated carbocycles. The normalized spacial score (nSPS) is 10.5. The Balaban J connectivity index is 2.52. The number of hydrogen-bond acceptors (Lipinski definition) is 5. The van der Waals surface area contributed by atoms with E-state index in [0.717, 1.165) is 23.5 Å². The molecule has 0 heterocycles. The maximum atomic E-state index is 11.6. The van der Waals surface area contributed by atoms with Gasteiger partial charge in [-0.15, -0.1) is 11.8 Å². The van der Waals surface area contributed by atoms with Crippen molar-refractivity contribution in [2.75, 3.05) is 12.4 Å². The van der Waals surface area contributed by atoms with Crippen LogP contribution in [0.3, 0.4) is 0 Å². The van der Waals surface area contributed by atoms with E-state index in [1.807, 2.05) is 6.92 Å². The number of carboxylic acid groups (broad SMARTS) is 1. The molecule has 0 saturated heterocycles. The molecule has 21 heavy (non-hydrogen) atoms. The quantitative estimate of drug-likeness (QED) is 0.344. The summed E-state index contributed by atoms with van der Waals surface area (Å²) in [5.74, 6) is -1.60. The average molecular weight is 308 g/mol. The van der Waals surface area contributed by atoms with Crippen LogP contribution in [0.4, 0.5) is 0 Å². The van der Waals surface area contributed by atoms with Gasteiger partial charge in [-0.2, -0.15) is 0 Å². The molecule has 0 bridgehead atoms. The Labute approximate surface area is 127 Å². The first-order valence-electron chi connectivity index (χ1n) is 6.36. The highest BCUT2D eigenvalue weighted by Crippen LogP contribution is 2.19. The summed E-state index contributed by atoms with van der Waals surface area (Å²) in [6.07, 6.45) is 2.60. The van der Waals surface area contributed by atoms with Gasteiger partial charge in [-0.3, -0.25) is 9.59 Å². The Hall–Kier alpha value is -2.08. The molecule has 0 spiro atoms. The molecule has 1 rings (SSSR count). The number of carboxylic acids is 1. The second kappa shape index (κ2) is 8.97. The zero-order chi connectivity index (χ0) is 15.7. The van der Waals surface area contributed by atoms with Crippen LogP contribution in [0, 0.1) is 0 Å². The third-order valence-corrected chi connectivity index (χ3v) is 3.33. The highest BCUT2D eigenvalue weighted by atomic mass is 32.2. The fraction of sp³-hybridized carbons (Fsp3) is 0.267. The van der Waals surface area contributed by atoms with E-state index >= 15 is 0 Å². The molecule has 1 N–H and O–H groups in total.